The van der Waals surface area contributed by atoms with Crippen molar-refractivity contribution in [1.29, 1.82) is 0 Å². The molecule has 20 heavy (non-hydrogen) atoms. The first-order valence-corrected chi connectivity index (χ1v) is 6.36. The van der Waals surface area contributed by atoms with E-state index in [0.29, 0.717) is 17.1 Å². The minimum absolute atomic E-state index is 0.0553. The molecular formula is C16H19NO3. The molecule has 2 aromatic carbocycles. The zero-order valence-electron chi connectivity index (χ0n) is 11.7. The fourth-order valence-corrected chi connectivity index (χ4v) is 2.24. The summed E-state index contributed by atoms with van der Waals surface area (Å²) >= 11 is 0. The van der Waals surface area contributed by atoms with Gasteiger partial charge < -0.3 is 20.3 Å². The van der Waals surface area contributed by atoms with Crippen molar-refractivity contribution < 1.29 is 14.6 Å². The van der Waals surface area contributed by atoms with Crippen LogP contribution in [-0.2, 0) is 5.60 Å². The van der Waals surface area contributed by atoms with Crippen LogP contribution in [0.25, 0.3) is 0 Å². The molecule has 0 radical (unpaired) electrons. The Morgan fingerprint density at radius 3 is 2.30 bits per heavy atom. The van der Waals surface area contributed by atoms with Crippen LogP contribution in [0.15, 0.2) is 48.5 Å². The van der Waals surface area contributed by atoms with Gasteiger partial charge in [-0.25, -0.2) is 0 Å². The van der Waals surface area contributed by atoms with Gasteiger partial charge in [0, 0.05) is 18.2 Å². The fourth-order valence-electron chi connectivity index (χ4n) is 2.24. The second-order valence-electron chi connectivity index (χ2n) is 4.50. The minimum Gasteiger partial charge on any atom is -0.497 e. The largest absolute Gasteiger partial charge is 0.497 e. The third-order valence-electron chi connectivity index (χ3n) is 3.40. The molecule has 0 amide bonds. The molecule has 4 nitrogen and oxygen atoms in total. The van der Waals surface area contributed by atoms with Gasteiger partial charge in [0.15, 0.2) is 0 Å². The molecule has 2 aromatic rings. The normalized spacial score (nSPS) is 13.6. The Morgan fingerprint density at radius 1 is 1.05 bits per heavy atom. The second-order valence-corrected chi connectivity index (χ2v) is 4.50. The molecule has 2 rings (SSSR count). The van der Waals surface area contributed by atoms with Crippen LogP contribution in [0, 0.1) is 0 Å². The van der Waals surface area contributed by atoms with E-state index >= 15 is 0 Å². The molecule has 0 aliphatic rings. The third kappa shape index (κ3) is 2.48. The quantitative estimate of drug-likeness (QED) is 0.873. The number of hydrogen-bond donors (Lipinski definition) is 2. The lowest BCUT2D eigenvalue weighted by atomic mass is 9.85. The maximum absolute atomic E-state index is 11.0. The lowest BCUT2D eigenvalue weighted by Crippen LogP contribution is -2.36. The van der Waals surface area contributed by atoms with Crippen LogP contribution in [0.4, 0.5) is 0 Å². The van der Waals surface area contributed by atoms with E-state index in [-0.39, 0.29) is 6.54 Å². The van der Waals surface area contributed by atoms with Gasteiger partial charge in [-0.2, -0.15) is 0 Å². The van der Waals surface area contributed by atoms with Crippen molar-refractivity contribution in [3.05, 3.63) is 59.7 Å². The highest BCUT2D eigenvalue weighted by Gasteiger charge is 2.33. The molecule has 0 spiro atoms. The summed E-state index contributed by atoms with van der Waals surface area (Å²) in [6.07, 6.45) is 0. The average molecular weight is 273 g/mol. The number of aliphatic hydroxyl groups is 1. The minimum atomic E-state index is -1.29. The van der Waals surface area contributed by atoms with Crippen LogP contribution in [0.1, 0.15) is 11.1 Å². The molecule has 0 bridgehead atoms. The highest BCUT2D eigenvalue weighted by molar-refractivity contribution is 5.48. The molecule has 0 saturated heterocycles. The molecule has 0 aliphatic carbocycles. The molecule has 0 saturated carbocycles. The summed E-state index contributed by atoms with van der Waals surface area (Å²) in [5.41, 5.74) is 5.88. The number of methoxy groups -OCH3 is 2. The number of benzene rings is 2. The predicted molar refractivity (Wildman–Crippen MR) is 78.0 cm³/mol. The number of rotatable bonds is 5. The molecule has 0 aromatic heterocycles. The molecule has 106 valence electrons. The summed E-state index contributed by atoms with van der Waals surface area (Å²) in [5, 5.41) is 11.0. The van der Waals surface area contributed by atoms with E-state index in [4.69, 9.17) is 15.2 Å². The molecule has 0 aliphatic heterocycles. The van der Waals surface area contributed by atoms with Gasteiger partial charge in [0.25, 0.3) is 0 Å². The van der Waals surface area contributed by atoms with Gasteiger partial charge in [0.2, 0.25) is 0 Å². The van der Waals surface area contributed by atoms with Crippen LogP contribution in [0.2, 0.25) is 0 Å². The maximum atomic E-state index is 11.0. The molecule has 0 heterocycles. The number of ether oxygens (including phenoxy) is 2. The van der Waals surface area contributed by atoms with Crippen LogP contribution in [0.5, 0.6) is 11.5 Å². The van der Waals surface area contributed by atoms with Gasteiger partial charge in [-0.15, -0.1) is 0 Å². The van der Waals surface area contributed by atoms with Gasteiger partial charge in [-0.05, 0) is 17.7 Å². The molecule has 1 atom stereocenters. The Labute approximate surface area is 118 Å². The first-order chi connectivity index (χ1) is 9.65. The third-order valence-corrected chi connectivity index (χ3v) is 3.40. The van der Waals surface area contributed by atoms with Crippen LogP contribution >= 0.6 is 0 Å². The molecule has 0 fully saturated rings. The zero-order chi connectivity index (χ0) is 14.6. The van der Waals surface area contributed by atoms with Gasteiger partial charge in [0.1, 0.15) is 17.1 Å². The lowest BCUT2D eigenvalue weighted by Gasteiger charge is -2.29. The van der Waals surface area contributed by atoms with Crippen molar-refractivity contribution in [2.75, 3.05) is 20.8 Å². The van der Waals surface area contributed by atoms with Crippen molar-refractivity contribution in [2.24, 2.45) is 5.73 Å². The van der Waals surface area contributed by atoms with Gasteiger partial charge in [-0.3, -0.25) is 0 Å². The molecule has 3 N–H and O–H groups in total. The van der Waals surface area contributed by atoms with Gasteiger partial charge in [0.05, 0.1) is 14.2 Å². The Balaban J connectivity index is 2.57. The topological polar surface area (TPSA) is 64.7 Å². The van der Waals surface area contributed by atoms with Crippen LogP contribution < -0.4 is 15.2 Å². The SMILES string of the molecule is COc1ccc(C(O)(CN)c2ccccc2)c(OC)c1. The van der Waals surface area contributed by atoms with E-state index in [9.17, 15) is 5.11 Å². The van der Waals surface area contributed by atoms with E-state index in [0.717, 1.165) is 5.56 Å². The summed E-state index contributed by atoms with van der Waals surface area (Å²) in [4.78, 5) is 0. The Morgan fingerprint density at radius 2 is 1.75 bits per heavy atom. The standard InChI is InChI=1S/C16H19NO3/c1-19-13-8-9-14(15(10-13)20-2)16(18,11-17)12-6-4-3-5-7-12/h3-10,18H,11,17H2,1-2H3. The van der Waals surface area contributed by atoms with Crippen molar-refractivity contribution >= 4 is 0 Å². The fraction of sp³-hybridized carbons (Fsp3) is 0.250. The summed E-state index contributed by atoms with van der Waals surface area (Å²) in [6, 6.07) is 14.6. The van der Waals surface area contributed by atoms with E-state index in [1.165, 1.54) is 0 Å². The predicted octanol–water partition coefficient (Wildman–Crippen LogP) is 1.90. The smallest absolute Gasteiger partial charge is 0.130 e. The van der Waals surface area contributed by atoms with Crippen molar-refractivity contribution in [2.45, 2.75) is 5.60 Å². The lowest BCUT2D eigenvalue weighted by molar-refractivity contribution is 0.0871. The Hall–Kier alpha value is -2.04. The van der Waals surface area contributed by atoms with Crippen molar-refractivity contribution in [3.63, 3.8) is 0 Å². The first-order valence-electron chi connectivity index (χ1n) is 6.36. The van der Waals surface area contributed by atoms with E-state index < -0.39 is 5.60 Å². The molecule has 1 unspecified atom stereocenters. The number of nitrogens with two attached hydrogens (primary N) is 1. The zero-order valence-corrected chi connectivity index (χ0v) is 11.7. The van der Waals surface area contributed by atoms with E-state index in [2.05, 4.69) is 0 Å². The highest BCUT2D eigenvalue weighted by atomic mass is 16.5. The van der Waals surface area contributed by atoms with Gasteiger partial charge >= 0.3 is 0 Å². The Bertz CT molecular complexity index is 571. The van der Waals surface area contributed by atoms with E-state index in [1.54, 1.807) is 32.4 Å². The molecule has 4 heteroatoms. The van der Waals surface area contributed by atoms with Crippen molar-refractivity contribution in [1.82, 2.24) is 0 Å². The second kappa shape index (κ2) is 5.94. The average Bonchev–Trinajstić information content (AvgIpc) is 2.54. The summed E-state index contributed by atoms with van der Waals surface area (Å²) < 4.78 is 10.5. The van der Waals surface area contributed by atoms with Gasteiger partial charge in [-0.1, -0.05) is 30.3 Å². The molecular weight excluding hydrogens is 254 g/mol. The van der Waals surface area contributed by atoms with Crippen LogP contribution in [-0.4, -0.2) is 25.9 Å². The first kappa shape index (κ1) is 14.4. The van der Waals surface area contributed by atoms with Crippen LogP contribution in [0.3, 0.4) is 0 Å². The summed E-state index contributed by atoms with van der Waals surface area (Å²) in [7, 11) is 3.14. The van der Waals surface area contributed by atoms with E-state index in [1.807, 2.05) is 30.3 Å². The number of hydrogen-bond acceptors (Lipinski definition) is 4. The Kier molecular flexibility index (Phi) is 4.27. The highest BCUT2D eigenvalue weighted by Crippen LogP contribution is 2.36. The summed E-state index contributed by atoms with van der Waals surface area (Å²) in [5.74, 6) is 1.21. The maximum Gasteiger partial charge on any atom is 0.130 e. The van der Waals surface area contributed by atoms with Crippen molar-refractivity contribution in [3.8, 4) is 11.5 Å². The monoisotopic (exact) mass is 273 g/mol. The summed E-state index contributed by atoms with van der Waals surface area (Å²) in [6.45, 7) is 0.0553.